The van der Waals surface area contributed by atoms with Gasteiger partial charge in [-0.2, -0.15) is 0 Å². The molecule has 2 N–H and O–H groups in total. The summed E-state index contributed by atoms with van der Waals surface area (Å²) < 4.78 is 19.2. The van der Waals surface area contributed by atoms with Crippen LogP contribution in [0.2, 0.25) is 5.02 Å². The molecule has 3 rings (SSSR count). The zero-order valence-electron chi connectivity index (χ0n) is 17.0. The van der Waals surface area contributed by atoms with Crippen molar-refractivity contribution in [2.75, 3.05) is 46.9 Å². The van der Waals surface area contributed by atoms with Gasteiger partial charge >= 0.3 is 0 Å². The van der Waals surface area contributed by atoms with E-state index in [4.69, 9.17) is 16.3 Å². The van der Waals surface area contributed by atoms with Gasteiger partial charge in [0.25, 0.3) is 5.91 Å². The van der Waals surface area contributed by atoms with Crippen molar-refractivity contribution in [1.82, 2.24) is 4.90 Å². The van der Waals surface area contributed by atoms with Gasteiger partial charge < -0.3 is 19.4 Å². The maximum absolute atomic E-state index is 14.0. The smallest absolute Gasteiger partial charge is 0.278 e. The number of methoxy groups -OCH3 is 1. The Bertz CT molecular complexity index is 803. The lowest BCUT2D eigenvalue weighted by molar-refractivity contribution is -0.918. The summed E-state index contributed by atoms with van der Waals surface area (Å²) in [6.07, 6.45) is 0. The minimum Gasteiger partial charge on any atom is -0.497 e. The zero-order chi connectivity index (χ0) is 20.8. The van der Waals surface area contributed by atoms with Crippen LogP contribution < -0.4 is 14.5 Å². The maximum Gasteiger partial charge on any atom is 0.278 e. The van der Waals surface area contributed by atoms with E-state index in [2.05, 4.69) is 0 Å². The standard InChI is InChI=1S/C22H27ClFN3O2/c1-25(14-17-6-8-18(29-2)9-7-17)16-22(28)27-12-10-26(11-13-27)15-19-20(23)4-3-5-21(19)24/h3-9H,10-16H2,1-2H3/p+2. The lowest BCUT2D eigenvalue weighted by Crippen LogP contribution is -3.14. The highest BCUT2D eigenvalue weighted by Crippen LogP contribution is 2.17. The van der Waals surface area contributed by atoms with Gasteiger partial charge in [0.05, 0.1) is 50.9 Å². The third kappa shape index (κ3) is 5.92. The third-order valence-electron chi connectivity index (χ3n) is 5.43. The summed E-state index contributed by atoms with van der Waals surface area (Å²) in [5, 5.41) is 0.472. The predicted octanol–water partition coefficient (Wildman–Crippen LogP) is 0.430. The van der Waals surface area contributed by atoms with Crippen LogP contribution in [-0.4, -0.2) is 57.7 Å². The zero-order valence-corrected chi connectivity index (χ0v) is 17.8. The summed E-state index contributed by atoms with van der Waals surface area (Å²) in [5.74, 6) is 0.741. The van der Waals surface area contributed by atoms with E-state index in [1.165, 1.54) is 16.5 Å². The van der Waals surface area contributed by atoms with Crippen LogP contribution in [0.25, 0.3) is 0 Å². The first-order chi connectivity index (χ1) is 14.0. The highest BCUT2D eigenvalue weighted by Gasteiger charge is 2.26. The summed E-state index contributed by atoms with van der Waals surface area (Å²) in [7, 11) is 3.68. The van der Waals surface area contributed by atoms with Crippen molar-refractivity contribution < 1.29 is 23.7 Å². The minimum absolute atomic E-state index is 0.166. The number of quaternary nitrogens is 2. The average molecular weight is 422 g/mol. The van der Waals surface area contributed by atoms with E-state index in [1.807, 2.05) is 36.2 Å². The van der Waals surface area contributed by atoms with E-state index in [0.717, 1.165) is 30.3 Å². The van der Waals surface area contributed by atoms with E-state index < -0.39 is 0 Å². The summed E-state index contributed by atoms with van der Waals surface area (Å²) in [6.45, 7) is 4.78. The van der Waals surface area contributed by atoms with Gasteiger partial charge in [-0.25, -0.2) is 4.39 Å². The van der Waals surface area contributed by atoms with E-state index in [9.17, 15) is 9.18 Å². The lowest BCUT2D eigenvalue weighted by atomic mass is 10.1. The van der Waals surface area contributed by atoms with Crippen LogP contribution in [0.1, 0.15) is 11.1 Å². The molecule has 0 aromatic heterocycles. The van der Waals surface area contributed by atoms with Gasteiger partial charge in [0, 0.05) is 5.56 Å². The fourth-order valence-corrected chi connectivity index (χ4v) is 3.95. The number of nitrogens with zero attached hydrogens (tertiary/aromatic N) is 1. The molecule has 2 aromatic rings. The van der Waals surface area contributed by atoms with Gasteiger partial charge in [0.1, 0.15) is 24.7 Å². The van der Waals surface area contributed by atoms with Gasteiger partial charge in [-0.1, -0.05) is 17.7 Å². The Kier molecular flexibility index (Phi) is 7.47. The molecule has 1 heterocycles. The second kappa shape index (κ2) is 10.1. The van der Waals surface area contributed by atoms with Crippen molar-refractivity contribution in [3.05, 3.63) is 64.4 Å². The van der Waals surface area contributed by atoms with Gasteiger partial charge in [-0.3, -0.25) is 4.79 Å². The van der Waals surface area contributed by atoms with Crippen molar-refractivity contribution in [3.8, 4) is 5.75 Å². The molecular weight excluding hydrogens is 393 g/mol. The molecule has 1 aliphatic heterocycles. The number of piperazine rings is 1. The Labute approximate surface area is 176 Å². The molecule has 0 bridgehead atoms. The fraction of sp³-hybridized carbons (Fsp3) is 0.409. The number of hydrogen-bond acceptors (Lipinski definition) is 2. The Morgan fingerprint density at radius 1 is 1.21 bits per heavy atom. The Hall–Kier alpha value is -2.15. The van der Waals surface area contributed by atoms with E-state index in [1.54, 1.807) is 19.2 Å². The average Bonchev–Trinajstić information content (AvgIpc) is 2.72. The molecule has 7 heteroatoms. The highest BCUT2D eigenvalue weighted by atomic mass is 35.5. The quantitative estimate of drug-likeness (QED) is 0.680. The maximum atomic E-state index is 14.0. The molecule has 1 saturated heterocycles. The number of hydrogen-bond donors (Lipinski definition) is 2. The van der Waals surface area contributed by atoms with Gasteiger partial charge in [0.15, 0.2) is 6.54 Å². The summed E-state index contributed by atoms with van der Waals surface area (Å²) in [6, 6.07) is 12.7. The number of ether oxygens (including phenoxy) is 1. The minimum atomic E-state index is -0.257. The fourth-order valence-electron chi connectivity index (χ4n) is 3.72. The number of carbonyl (C=O) groups excluding carboxylic acids is 1. The first-order valence-electron chi connectivity index (χ1n) is 9.94. The summed E-state index contributed by atoms with van der Waals surface area (Å²) >= 11 is 6.14. The molecule has 5 nitrogen and oxygen atoms in total. The molecule has 1 fully saturated rings. The van der Waals surface area contributed by atoms with Crippen LogP contribution in [0.4, 0.5) is 4.39 Å². The van der Waals surface area contributed by atoms with Gasteiger partial charge in [-0.05, 0) is 36.4 Å². The number of carbonyl (C=O) groups is 1. The van der Waals surface area contributed by atoms with E-state index in [-0.39, 0.29) is 11.7 Å². The number of benzene rings is 2. The normalized spacial score (nSPS) is 15.9. The summed E-state index contributed by atoms with van der Waals surface area (Å²) in [4.78, 5) is 17.0. The molecule has 1 amide bonds. The topological polar surface area (TPSA) is 38.4 Å². The van der Waals surface area contributed by atoms with E-state index >= 15 is 0 Å². The molecule has 0 spiro atoms. The number of nitrogens with one attached hydrogen (secondary N) is 2. The van der Waals surface area contributed by atoms with Gasteiger partial charge in [0.2, 0.25) is 0 Å². The molecule has 1 atom stereocenters. The predicted molar refractivity (Wildman–Crippen MR) is 111 cm³/mol. The first-order valence-corrected chi connectivity index (χ1v) is 10.3. The highest BCUT2D eigenvalue weighted by molar-refractivity contribution is 6.31. The molecular formula is C22H29ClFN3O2+2. The van der Waals surface area contributed by atoms with Crippen LogP contribution >= 0.6 is 11.6 Å². The molecule has 2 aromatic carbocycles. The van der Waals surface area contributed by atoms with Crippen molar-refractivity contribution in [2.24, 2.45) is 0 Å². The van der Waals surface area contributed by atoms with Crippen molar-refractivity contribution in [1.29, 1.82) is 0 Å². The first kappa shape index (κ1) is 21.6. The Morgan fingerprint density at radius 2 is 1.90 bits per heavy atom. The van der Waals surface area contributed by atoms with E-state index in [0.29, 0.717) is 36.8 Å². The number of likely N-dealkylation sites (N-methyl/N-ethyl adjacent to an activating group) is 1. The monoisotopic (exact) mass is 421 g/mol. The number of amides is 1. The second-order valence-electron chi connectivity index (χ2n) is 7.67. The summed E-state index contributed by atoms with van der Waals surface area (Å²) in [5.41, 5.74) is 1.74. The molecule has 0 aliphatic carbocycles. The number of rotatable bonds is 7. The van der Waals surface area contributed by atoms with Crippen LogP contribution in [-0.2, 0) is 17.9 Å². The Morgan fingerprint density at radius 3 is 2.52 bits per heavy atom. The third-order valence-corrected chi connectivity index (χ3v) is 5.78. The van der Waals surface area contributed by atoms with Crippen LogP contribution in [0.3, 0.4) is 0 Å². The van der Waals surface area contributed by atoms with Crippen molar-refractivity contribution in [2.45, 2.75) is 13.1 Å². The van der Waals surface area contributed by atoms with Crippen molar-refractivity contribution in [3.63, 3.8) is 0 Å². The van der Waals surface area contributed by atoms with Crippen LogP contribution in [0.5, 0.6) is 5.75 Å². The molecule has 0 saturated carbocycles. The largest absolute Gasteiger partial charge is 0.497 e. The SMILES string of the molecule is COc1ccc(C[NH+](C)CC(=O)N2CC[NH+](Cc3c(F)cccc3Cl)CC2)cc1. The molecule has 1 aliphatic rings. The molecule has 156 valence electrons. The molecule has 0 radical (unpaired) electrons. The Balaban J connectivity index is 1.45. The lowest BCUT2D eigenvalue weighted by Gasteiger charge is -2.32. The van der Waals surface area contributed by atoms with Crippen LogP contribution in [0, 0.1) is 5.82 Å². The van der Waals surface area contributed by atoms with Crippen molar-refractivity contribution >= 4 is 17.5 Å². The molecule has 1 unspecified atom stereocenters. The van der Waals surface area contributed by atoms with Gasteiger partial charge in [-0.15, -0.1) is 0 Å². The molecule has 29 heavy (non-hydrogen) atoms. The van der Waals surface area contributed by atoms with Crippen LogP contribution in [0.15, 0.2) is 42.5 Å². The number of halogens is 2. The second-order valence-corrected chi connectivity index (χ2v) is 8.07.